The van der Waals surface area contributed by atoms with Crippen molar-refractivity contribution in [3.8, 4) is 0 Å². The van der Waals surface area contributed by atoms with Crippen molar-refractivity contribution in [2.45, 2.75) is 0 Å². The summed E-state index contributed by atoms with van der Waals surface area (Å²) in [6.07, 6.45) is 0. The molecule has 98 valence electrons. The maximum atomic E-state index is 13.4. The molecule has 0 unspecified atom stereocenters. The van der Waals surface area contributed by atoms with Crippen LogP contribution < -0.4 is 11.1 Å². The Morgan fingerprint density at radius 2 is 1.89 bits per heavy atom. The number of hydrogen-bond donors (Lipinski definition) is 2. The quantitative estimate of drug-likeness (QED) is 0.829. The van der Waals surface area contributed by atoms with Crippen molar-refractivity contribution < 1.29 is 13.6 Å². The summed E-state index contributed by atoms with van der Waals surface area (Å²) in [5.41, 5.74) is 5.75. The number of anilines is 2. The SMILES string of the molecule is Nc1cc(C(=O)Nc2cc(F)ccc2F)ccc1Cl. The van der Waals surface area contributed by atoms with Crippen LogP contribution in [0, 0.1) is 11.6 Å². The van der Waals surface area contributed by atoms with Gasteiger partial charge in [-0.25, -0.2) is 8.78 Å². The van der Waals surface area contributed by atoms with E-state index >= 15 is 0 Å². The third-order valence-electron chi connectivity index (χ3n) is 2.43. The summed E-state index contributed by atoms with van der Waals surface area (Å²) in [7, 11) is 0. The second-order valence-electron chi connectivity index (χ2n) is 3.81. The first-order chi connectivity index (χ1) is 8.97. The maximum Gasteiger partial charge on any atom is 0.255 e. The third-order valence-corrected chi connectivity index (χ3v) is 2.78. The lowest BCUT2D eigenvalue weighted by Crippen LogP contribution is -2.13. The van der Waals surface area contributed by atoms with Gasteiger partial charge >= 0.3 is 0 Å². The fraction of sp³-hybridized carbons (Fsp3) is 0. The van der Waals surface area contributed by atoms with Crippen molar-refractivity contribution in [2.24, 2.45) is 0 Å². The van der Waals surface area contributed by atoms with E-state index in [-0.39, 0.29) is 16.9 Å². The number of carbonyl (C=O) groups is 1. The van der Waals surface area contributed by atoms with Gasteiger partial charge in [-0.1, -0.05) is 11.6 Å². The Labute approximate surface area is 113 Å². The molecule has 0 aliphatic carbocycles. The first kappa shape index (κ1) is 13.3. The fourth-order valence-corrected chi connectivity index (χ4v) is 1.59. The van der Waals surface area contributed by atoms with E-state index in [2.05, 4.69) is 5.32 Å². The molecular weight excluding hydrogens is 274 g/mol. The lowest BCUT2D eigenvalue weighted by atomic mass is 10.2. The van der Waals surface area contributed by atoms with Gasteiger partial charge in [-0.05, 0) is 30.3 Å². The highest BCUT2D eigenvalue weighted by molar-refractivity contribution is 6.33. The molecule has 0 aliphatic rings. The van der Waals surface area contributed by atoms with Gasteiger partial charge in [-0.15, -0.1) is 0 Å². The van der Waals surface area contributed by atoms with Crippen molar-refractivity contribution in [3.05, 3.63) is 58.6 Å². The van der Waals surface area contributed by atoms with Crippen molar-refractivity contribution in [1.82, 2.24) is 0 Å². The molecule has 19 heavy (non-hydrogen) atoms. The average molecular weight is 283 g/mol. The van der Waals surface area contributed by atoms with Crippen LogP contribution in [0.2, 0.25) is 5.02 Å². The van der Waals surface area contributed by atoms with Gasteiger partial charge in [0.05, 0.1) is 16.4 Å². The van der Waals surface area contributed by atoms with Gasteiger partial charge < -0.3 is 11.1 Å². The molecule has 0 aliphatic heterocycles. The third kappa shape index (κ3) is 3.00. The number of rotatable bonds is 2. The number of amides is 1. The van der Waals surface area contributed by atoms with E-state index < -0.39 is 17.5 Å². The summed E-state index contributed by atoms with van der Waals surface area (Å²) in [5, 5.41) is 2.57. The zero-order valence-electron chi connectivity index (χ0n) is 9.58. The van der Waals surface area contributed by atoms with Crippen molar-refractivity contribution in [1.29, 1.82) is 0 Å². The summed E-state index contributed by atoms with van der Waals surface area (Å²) >= 11 is 5.73. The van der Waals surface area contributed by atoms with Gasteiger partial charge in [-0.3, -0.25) is 4.79 Å². The van der Waals surface area contributed by atoms with E-state index in [4.69, 9.17) is 17.3 Å². The summed E-state index contributed by atoms with van der Waals surface area (Å²) < 4.78 is 26.3. The largest absolute Gasteiger partial charge is 0.398 e. The smallest absolute Gasteiger partial charge is 0.255 e. The molecule has 6 heteroatoms. The first-order valence-electron chi connectivity index (χ1n) is 5.29. The molecule has 2 aromatic carbocycles. The highest BCUT2D eigenvalue weighted by Gasteiger charge is 2.11. The number of hydrogen-bond acceptors (Lipinski definition) is 2. The average Bonchev–Trinajstić information content (AvgIpc) is 2.37. The lowest BCUT2D eigenvalue weighted by Gasteiger charge is -2.07. The number of nitrogen functional groups attached to an aromatic ring is 1. The Balaban J connectivity index is 2.25. The van der Waals surface area contributed by atoms with E-state index in [0.717, 1.165) is 18.2 Å². The van der Waals surface area contributed by atoms with Crippen LogP contribution in [0.15, 0.2) is 36.4 Å². The van der Waals surface area contributed by atoms with Crippen LogP contribution in [0.4, 0.5) is 20.2 Å². The van der Waals surface area contributed by atoms with E-state index in [1.807, 2.05) is 0 Å². The van der Waals surface area contributed by atoms with Gasteiger partial charge in [0.15, 0.2) is 0 Å². The van der Waals surface area contributed by atoms with Crippen molar-refractivity contribution in [3.63, 3.8) is 0 Å². The summed E-state index contributed by atoms with van der Waals surface area (Å²) in [4.78, 5) is 11.8. The minimum atomic E-state index is -0.725. The Morgan fingerprint density at radius 3 is 2.58 bits per heavy atom. The van der Waals surface area contributed by atoms with E-state index in [1.165, 1.54) is 18.2 Å². The molecular formula is C13H9ClF2N2O. The normalized spacial score (nSPS) is 10.3. The van der Waals surface area contributed by atoms with Crippen LogP contribution in [0.1, 0.15) is 10.4 Å². The number of nitrogens with one attached hydrogen (secondary N) is 1. The maximum absolute atomic E-state index is 13.4. The molecule has 0 atom stereocenters. The Hall–Kier alpha value is -2.14. The Kier molecular flexibility index (Phi) is 3.66. The van der Waals surface area contributed by atoms with Gasteiger partial charge in [0.2, 0.25) is 0 Å². The molecule has 0 heterocycles. The van der Waals surface area contributed by atoms with Crippen LogP contribution in [-0.4, -0.2) is 5.91 Å². The Bertz CT molecular complexity index is 647. The molecule has 0 fully saturated rings. The van der Waals surface area contributed by atoms with Crippen LogP contribution in [0.25, 0.3) is 0 Å². The van der Waals surface area contributed by atoms with E-state index in [0.29, 0.717) is 5.02 Å². The Morgan fingerprint density at radius 1 is 1.16 bits per heavy atom. The second-order valence-corrected chi connectivity index (χ2v) is 4.22. The first-order valence-corrected chi connectivity index (χ1v) is 5.66. The van der Waals surface area contributed by atoms with E-state index in [1.54, 1.807) is 0 Å². The highest BCUT2D eigenvalue weighted by atomic mass is 35.5. The van der Waals surface area contributed by atoms with Crippen LogP contribution in [0.3, 0.4) is 0 Å². The highest BCUT2D eigenvalue weighted by Crippen LogP contribution is 2.21. The summed E-state index contributed by atoms with van der Waals surface area (Å²) in [6.45, 7) is 0. The van der Waals surface area contributed by atoms with Gasteiger partial charge in [0, 0.05) is 11.6 Å². The fourth-order valence-electron chi connectivity index (χ4n) is 1.47. The second kappa shape index (κ2) is 5.24. The minimum Gasteiger partial charge on any atom is -0.398 e. The van der Waals surface area contributed by atoms with Gasteiger partial charge in [-0.2, -0.15) is 0 Å². The predicted octanol–water partition coefficient (Wildman–Crippen LogP) is 3.45. The van der Waals surface area contributed by atoms with Crippen LogP contribution in [-0.2, 0) is 0 Å². The molecule has 2 rings (SSSR count). The molecule has 1 amide bonds. The number of benzene rings is 2. The molecule has 3 N–H and O–H groups in total. The van der Waals surface area contributed by atoms with Crippen molar-refractivity contribution in [2.75, 3.05) is 11.1 Å². The van der Waals surface area contributed by atoms with Gasteiger partial charge in [0.1, 0.15) is 11.6 Å². The zero-order valence-corrected chi connectivity index (χ0v) is 10.3. The van der Waals surface area contributed by atoms with Crippen LogP contribution >= 0.6 is 11.6 Å². The zero-order chi connectivity index (χ0) is 14.0. The molecule has 0 bridgehead atoms. The standard InChI is InChI=1S/C13H9ClF2N2O/c14-9-3-1-7(5-11(9)17)13(19)18-12-6-8(15)2-4-10(12)16/h1-6H,17H2,(H,18,19). The molecule has 0 radical (unpaired) electrons. The number of carbonyl (C=O) groups excluding carboxylic acids is 1. The lowest BCUT2D eigenvalue weighted by molar-refractivity contribution is 0.102. The van der Waals surface area contributed by atoms with Gasteiger partial charge in [0.25, 0.3) is 5.91 Å². The molecule has 0 spiro atoms. The molecule has 3 nitrogen and oxygen atoms in total. The monoisotopic (exact) mass is 282 g/mol. The molecule has 0 saturated carbocycles. The summed E-state index contributed by atoms with van der Waals surface area (Å²) in [5.74, 6) is -1.98. The molecule has 0 saturated heterocycles. The molecule has 2 aromatic rings. The predicted molar refractivity (Wildman–Crippen MR) is 70.2 cm³/mol. The van der Waals surface area contributed by atoms with E-state index in [9.17, 15) is 13.6 Å². The molecule has 0 aromatic heterocycles. The van der Waals surface area contributed by atoms with Crippen LogP contribution in [0.5, 0.6) is 0 Å². The number of halogens is 3. The summed E-state index contributed by atoms with van der Waals surface area (Å²) in [6, 6.07) is 7.03. The van der Waals surface area contributed by atoms with Crippen molar-refractivity contribution >= 4 is 28.9 Å². The minimum absolute atomic E-state index is 0.200. The number of nitrogens with two attached hydrogens (primary N) is 1. The topological polar surface area (TPSA) is 55.1 Å².